The van der Waals surface area contributed by atoms with E-state index in [1.807, 2.05) is 36.4 Å². The zero-order valence-corrected chi connectivity index (χ0v) is 11.2. The number of aromatic nitrogens is 4. The molecule has 0 saturated heterocycles. The van der Waals surface area contributed by atoms with Crippen molar-refractivity contribution in [1.29, 1.82) is 0 Å². The average molecular weight is 275 g/mol. The van der Waals surface area contributed by atoms with Crippen LogP contribution in [0.2, 0.25) is 0 Å². The molecule has 0 radical (unpaired) electrons. The van der Waals surface area contributed by atoms with Gasteiger partial charge in [0.1, 0.15) is 0 Å². The molecule has 1 aliphatic heterocycles. The van der Waals surface area contributed by atoms with E-state index in [4.69, 9.17) is 0 Å². The molecule has 102 valence electrons. The van der Waals surface area contributed by atoms with Crippen LogP contribution in [0.15, 0.2) is 66.7 Å². The Labute approximate surface area is 121 Å². The molecule has 5 nitrogen and oxygen atoms in total. The van der Waals surface area contributed by atoms with Gasteiger partial charge in [-0.15, -0.1) is 0 Å². The molecular weight excluding hydrogens is 262 g/mol. The van der Waals surface area contributed by atoms with Crippen LogP contribution in [0.5, 0.6) is 0 Å². The summed E-state index contributed by atoms with van der Waals surface area (Å²) in [5.41, 5.74) is 3.26. The Morgan fingerprint density at radius 2 is 1.62 bits per heavy atom. The number of rotatable bonds is 2. The summed E-state index contributed by atoms with van der Waals surface area (Å²) >= 11 is 0. The van der Waals surface area contributed by atoms with Gasteiger partial charge in [-0.2, -0.15) is 4.68 Å². The Balaban J connectivity index is 1.84. The van der Waals surface area contributed by atoms with Crippen LogP contribution in [0.1, 0.15) is 17.2 Å². The first-order valence-electron chi connectivity index (χ1n) is 6.79. The first kappa shape index (κ1) is 11.8. The van der Waals surface area contributed by atoms with Crippen molar-refractivity contribution in [2.24, 2.45) is 0 Å². The monoisotopic (exact) mass is 275 g/mol. The van der Waals surface area contributed by atoms with Gasteiger partial charge in [0.2, 0.25) is 5.95 Å². The van der Waals surface area contributed by atoms with E-state index in [0.717, 1.165) is 11.3 Å². The molecule has 5 heteroatoms. The van der Waals surface area contributed by atoms with Gasteiger partial charge >= 0.3 is 0 Å². The average Bonchev–Trinajstić information content (AvgIpc) is 3.04. The standard InChI is InChI=1S/C16H13N5/c1-3-7-12(8-4-1)14-11-15(13-9-5-2-6-10-13)21-16(17-14)18-19-20-21/h1-11,14H,(H,17,18,20)/t14-/m1/s1. The number of hydrogen-bond donors (Lipinski definition) is 1. The van der Waals surface area contributed by atoms with Gasteiger partial charge in [-0.05, 0) is 22.1 Å². The normalized spacial score (nSPS) is 16.8. The molecule has 3 aromatic rings. The summed E-state index contributed by atoms with van der Waals surface area (Å²) in [6.45, 7) is 0. The van der Waals surface area contributed by atoms with Gasteiger partial charge in [0, 0.05) is 5.56 Å². The fourth-order valence-corrected chi connectivity index (χ4v) is 2.52. The zero-order chi connectivity index (χ0) is 14.1. The molecule has 0 unspecified atom stereocenters. The molecule has 2 aromatic carbocycles. The molecule has 0 aliphatic carbocycles. The van der Waals surface area contributed by atoms with Crippen LogP contribution in [-0.4, -0.2) is 20.2 Å². The first-order chi connectivity index (χ1) is 10.4. The molecule has 2 heterocycles. The molecule has 21 heavy (non-hydrogen) atoms. The number of fused-ring (bicyclic) bond motifs is 1. The van der Waals surface area contributed by atoms with Gasteiger partial charge in [-0.3, -0.25) is 0 Å². The number of hydrogen-bond acceptors (Lipinski definition) is 4. The van der Waals surface area contributed by atoms with E-state index in [1.54, 1.807) is 4.68 Å². The Morgan fingerprint density at radius 3 is 2.38 bits per heavy atom. The molecule has 0 spiro atoms. The van der Waals surface area contributed by atoms with E-state index in [2.05, 4.69) is 51.2 Å². The minimum atomic E-state index is 0.0555. The van der Waals surface area contributed by atoms with Crippen molar-refractivity contribution >= 4 is 11.6 Å². The second-order valence-electron chi connectivity index (χ2n) is 4.86. The summed E-state index contributed by atoms with van der Waals surface area (Å²) in [7, 11) is 0. The van der Waals surface area contributed by atoms with Crippen molar-refractivity contribution in [2.75, 3.05) is 5.32 Å². The van der Waals surface area contributed by atoms with Crippen LogP contribution in [0.4, 0.5) is 5.95 Å². The van der Waals surface area contributed by atoms with E-state index in [0.29, 0.717) is 5.95 Å². The van der Waals surface area contributed by atoms with Gasteiger partial charge in [-0.25, -0.2) is 0 Å². The lowest BCUT2D eigenvalue weighted by Gasteiger charge is -2.23. The van der Waals surface area contributed by atoms with Crippen molar-refractivity contribution in [3.05, 3.63) is 77.9 Å². The van der Waals surface area contributed by atoms with Gasteiger partial charge < -0.3 is 5.32 Å². The summed E-state index contributed by atoms with van der Waals surface area (Å²) in [4.78, 5) is 0. The third-order valence-electron chi connectivity index (χ3n) is 3.54. The van der Waals surface area contributed by atoms with Crippen LogP contribution in [-0.2, 0) is 0 Å². The lowest BCUT2D eigenvalue weighted by Crippen LogP contribution is -2.19. The minimum absolute atomic E-state index is 0.0555. The number of anilines is 1. The predicted molar refractivity (Wildman–Crippen MR) is 80.4 cm³/mol. The molecule has 1 N–H and O–H groups in total. The quantitative estimate of drug-likeness (QED) is 0.781. The van der Waals surface area contributed by atoms with Gasteiger partial charge in [-0.1, -0.05) is 65.8 Å². The fraction of sp³-hybridized carbons (Fsp3) is 0.0625. The highest BCUT2D eigenvalue weighted by atomic mass is 15.6. The Morgan fingerprint density at radius 1 is 0.905 bits per heavy atom. The molecule has 0 bridgehead atoms. The SMILES string of the molecule is C1=C(c2ccccc2)n2nnnc2N[C@H]1c1ccccc1. The van der Waals surface area contributed by atoms with Gasteiger partial charge in [0.05, 0.1) is 11.7 Å². The molecule has 0 saturated carbocycles. The number of nitrogens with zero attached hydrogens (tertiary/aromatic N) is 4. The van der Waals surface area contributed by atoms with Gasteiger partial charge in [0.15, 0.2) is 0 Å². The maximum atomic E-state index is 4.07. The molecule has 1 aromatic heterocycles. The van der Waals surface area contributed by atoms with E-state index in [9.17, 15) is 0 Å². The highest BCUT2D eigenvalue weighted by Crippen LogP contribution is 2.30. The van der Waals surface area contributed by atoms with E-state index in [1.165, 1.54) is 5.56 Å². The lowest BCUT2D eigenvalue weighted by atomic mass is 10.0. The van der Waals surface area contributed by atoms with Gasteiger partial charge in [0.25, 0.3) is 0 Å². The van der Waals surface area contributed by atoms with Crippen molar-refractivity contribution in [1.82, 2.24) is 20.2 Å². The minimum Gasteiger partial charge on any atom is -0.342 e. The van der Waals surface area contributed by atoms with Crippen molar-refractivity contribution in [3.63, 3.8) is 0 Å². The summed E-state index contributed by atoms with van der Waals surface area (Å²) < 4.78 is 1.73. The van der Waals surface area contributed by atoms with E-state index in [-0.39, 0.29) is 6.04 Å². The second kappa shape index (κ2) is 4.86. The highest BCUT2D eigenvalue weighted by Gasteiger charge is 2.22. The maximum absolute atomic E-state index is 4.07. The van der Waals surface area contributed by atoms with Crippen LogP contribution in [0.25, 0.3) is 5.70 Å². The molecule has 4 rings (SSSR count). The molecule has 1 aliphatic rings. The summed E-state index contributed by atoms with van der Waals surface area (Å²) in [6.07, 6.45) is 2.15. The fourth-order valence-electron chi connectivity index (χ4n) is 2.52. The predicted octanol–water partition coefficient (Wildman–Crippen LogP) is 2.73. The van der Waals surface area contributed by atoms with Crippen LogP contribution >= 0.6 is 0 Å². The van der Waals surface area contributed by atoms with Crippen molar-refractivity contribution in [2.45, 2.75) is 6.04 Å². The summed E-state index contributed by atoms with van der Waals surface area (Å²) in [6, 6.07) is 20.5. The third-order valence-corrected chi connectivity index (χ3v) is 3.54. The largest absolute Gasteiger partial charge is 0.342 e. The molecule has 1 atom stereocenters. The molecule has 0 amide bonds. The van der Waals surface area contributed by atoms with E-state index >= 15 is 0 Å². The number of tetrazole rings is 1. The number of benzene rings is 2. The van der Waals surface area contributed by atoms with E-state index < -0.39 is 0 Å². The second-order valence-corrected chi connectivity index (χ2v) is 4.86. The molecule has 0 fully saturated rings. The summed E-state index contributed by atoms with van der Waals surface area (Å²) in [5, 5.41) is 15.2. The van der Waals surface area contributed by atoms with Crippen LogP contribution < -0.4 is 5.32 Å². The third kappa shape index (κ3) is 2.08. The Hall–Kier alpha value is -2.95. The van der Waals surface area contributed by atoms with Crippen LogP contribution in [0.3, 0.4) is 0 Å². The first-order valence-corrected chi connectivity index (χ1v) is 6.79. The smallest absolute Gasteiger partial charge is 0.248 e. The maximum Gasteiger partial charge on any atom is 0.248 e. The molecular formula is C16H13N5. The Bertz CT molecular complexity index is 777. The highest BCUT2D eigenvalue weighted by molar-refractivity contribution is 5.71. The topological polar surface area (TPSA) is 55.6 Å². The van der Waals surface area contributed by atoms with Crippen molar-refractivity contribution in [3.8, 4) is 0 Å². The van der Waals surface area contributed by atoms with Crippen LogP contribution in [0, 0.1) is 0 Å². The summed E-state index contributed by atoms with van der Waals surface area (Å²) in [5.74, 6) is 0.658. The lowest BCUT2D eigenvalue weighted by molar-refractivity contribution is 0.782. The van der Waals surface area contributed by atoms with Crippen molar-refractivity contribution < 1.29 is 0 Å². The zero-order valence-electron chi connectivity index (χ0n) is 11.2. The number of nitrogens with one attached hydrogen (secondary N) is 1. The Kier molecular flexibility index (Phi) is 2.74.